The average molecular weight is 350 g/mol. The molecule has 1 saturated heterocycles. The lowest BCUT2D eigenvalue weighted by molar-refractivity contribution is -0.0360. The Labute approximate surface area is 142 Å². The monoisotopic (exact) mass is 350 g/mol. The maximum absolute atomic E-state index is 12.2. The molecule has 3 heterocycles. The minimum absolute atomic E-state index is 0.195. The second-order valence-corrected chi connectivity index (χ2v) is 6.37. The first kappa shape index (κ1) is 16.4. The summed E-state index contributed by atoms with van der Waals surface area (Å²) in [5, 5.41) is 13.2. The van der Waals surface area contributed by atoms with Gasteiger partial charge in [0.1, 0.15) is 6.26 Å². The third kappa shape index (κ3) is 3.25. The minimum atomic E-state index is -0.486. The van der Waals surface area contributed by atoms with E-state index in [0.29, 0.717) is 23.3 Å². The lowest BCUT2D eigenvalue weighted by atomic mass is 10.0. The van der Waals surface area contributed by atoms with Crippen LogP contribution in [0.2, 0.25) is 0 Å². The van der Waals surface area contributed by atoms with Crippen LogP contribution in [0.5, 0.6) is 0 Å². The number of β-amino-alcohol motifs (C(OH)–C–C–N with tert-alkyl or cyclic N) is 1. The fourth-order valence-corrected chi connectivity index (χ4v) is 2.83. The van der Waals surface area contributed by atoms with Crippen LogP contribution in [0.25, 0.3) is 0 Å². The average Bonchev–Trinajstić information content (AvgIpc) is 3.22. The van der Waals surface area contributed by atoms with Crippen LogP contribution in [0, 0.1) is 0 Å². The molecule has 3 rings (SSSR count). The summed E-state index contributed by atoms with van der Waals surface area (Å²) in [5.41, 5.74) is 6.54. The number of nitrogens with zero attached hydrogens (tertiary/aromatic N) is 4. The third-order valence-electron chi connectivity index (χ3n) is 3.76. The molecule has 5 N–H and O–H groups in total. The summed E-state index contributed by atoms with van der Waals surface area (Å²) in [4.78, 5) is 22.0. The molecule has 0 bridgehead atoms. The molecule has 0 radical (unpaired) electrons. The third-order valence-corrected chi connectivity index (χ3v) is 4.55. The van der Waals surface area contributed by atoms with Gasteiger partial charge in [-0.2, -0.15) is 0 Å². The molecule has 10 heteroatoms. The Morgan fingerprint density at radius 2 is 2.46 bits per heavy atom. The van der Waals surface area contributed by atoms with Crippen LogP contribution < -0.4 is 16.6 Å². The van der Waals surface area contributed by atoms with Gasteiger partial charge in [-0.15, -0.1) is 11.3 Å². The van der Waals surface area contributed by atoms with Gasteiger partial charge in [-0.1, -0.05) is 0 Å². The number of amides is 1. The van der Waals surface area contributed by atoms with Crippen LogP contribution in [0.4, 0.5) is 5.13 Å². The number of hydrogen-bond donors (Lipinski definition) is 3. The summed E-state index contributed by atoms with van der Waals surface area (Å²) in [5.74, 6) is 5.87. The molecule has 1 fully saturated rings. The first-order valence-electron chi connectivity index (χ1n) is 7.28. The van der Waals surface area contributed by atoms with Gasteiger partial charge in [0.05, 0.1) is 18.6 Å². The highest BCUT2D eigenvalue weighted by atomic mass is 32.1. The Kier molecular flexibility index (Phi) is 4.51. The minimum Gasteiger partial charge on any atom is -0.448 e. The molecule has 2 atom stereocenters. The number of likely N-dealkylation sites (tertiary alicyclic amines) is 1. The Bertz CT molecular complexity index is 744. The number of hydrogen-bond acceptors (Lipinski definition) is 9. The van der Waals surface area contributed by atoms with E-state index in [2.05, 4.69) is 9.97 Å². The number of hydrazine groups is 1. The largest absolute Gasteiger partial charge is 0.448 e. The summed E-state index contributed by atoms with van der Waals surface area (Å²) in [7, 11) is 0. The SMILES string of the molecule is CC1C(O)CN1C(=O)c1coc(C/C(N)=C/N(N)c2nccs2)n1. The van der Waals surface area contributed by atoms with Crippen molar-refractivity contribution in [1.29, 1.82) is 0 Å². The van der Waals surface area contributed by atoms with E-state index in [9.17, 15) is 9.90 Å². The van der Waals surface area contributed by atoms with Crippen LogP contribution in [-0.2, 0) is 6.42 Å². The molecule has 24 heavy (non-hydrogen) atoms. The highest BCUT2D eigenvalue weighted by molar-refractivity contribution is 7.13. The number of carbonyl (C=O) groups is 1. The number of rotatable bonds is 5. The summed E-state index contributed by atoms with van der Waals surface area (Å²) in [6, 6.07) is -0.216. The fourth-order valence-electron chi connectivity index (χ4n) is 2.29. The second kappa shape index (κ2) is 6.59. The van der Waals surface area contributed by atoms with Gasteiger partial charge in [-0.05, 0) is 6.92 Å². The smallest absolute Gasteiger partial charge is 0.276 e. The number of thiazole rings is 1. The molecule has 1 aliphatic rings. The number of allylic oxidation sites excluding steroid dienone is 1. The van der Waals surface area contributed by atoms with Crippen molar-refractivity contribution in [3.63, 3.8) is 0 Å². The van der Waals surface area contributed by atoms with Crippen molar-refractivity contribution in [2.75, 3.05) is 11.6 Å². The number of aliphatic hydroxyl groups is 1. The molecule has 2 unspecified atom stereocenters. The number of anilines is 1. The van der Waals surface area contributed by atoms with Crippen molar-refractivity contribution >= 4 is 22.4 Å². The first-order valence-corrected chi connectivity index (χ1v) is 8.16. The maximum Gasteiger partial charge on any atom is 0.276 e. The Balaban J connectivity index is 1.62. The van der Waals surface area contributed by atoms with Gasteiger partial charge in [0.2, 0.25) is 11.0 Å². The van der Waals surface area contributed by atoms with Crippen molar-refractivity contribution in [2.45, 2.75) is 25.5 Å². The Hall–Kier alpha value is -2.43. The zero-order chi connectivity index (χ0) is 17.3. The molecule has 2 aromatic rings. The molecule has 0 aliphatic carbocycles. The van der Waals surface area contributed by atoms with E-state index in [-0.39, 0.29) is 24.1 Å². The van der Waals surface area contributed by atoms with Gasteiger partial charge in [0.25, 0.3) is 5.91 Å². The summed E-state index contributed by atoms with van der Waals surface area (Å²) >= 11 is 1.38. The van der Waals surface area contributed by atoms with Crippen molar-refractivity contribution in [1.82, 2.24) is 14.9 Å². The quantitative estimate of drug-likeness (QED) is 0.509. The van der Waals surface area contributed by atoms with Gasteiger partial charge in [-0.25, -0.2) is 15.8 Å². The molecule has 1 amide bonds. The fraction of sp³-hybridized carbons (Fsp3) is 0.357. The molecular formula is C14H18N6O3S. The zero-order valence-corrected chi connectivity index (χ0v) is 13.8. The molecule has 0 spiro atoms. The Morgan fingerprint density at radius 1 is 1.67 bits per heavy atom. The number of carbonyl (C=O) groups excluding carboxylic acids is 1. The highest BCUT2D eigenvalue weighted by Gasteiger charge is 2.38. The van der Waals surface area contributed by atoms with Gasteiger partial charge in [0, 0.05) is 30.0 Å². The molecule has 1 aliphatic heterocycles. The van der Waals surface area contributed by atoms with E-state index < -0.39 is 6.10 Å². The summed E-state index contributed by atoms with van der Waals surface area (Å²) in [6.07, 6.45) is 4.19. The summed E-state index contributed by atoms with van der Waals surface area (Å²) in [6.45, 7) is 2.09. The molecule has 2 aromatic heterocycles. The van der Waals surface area contributed by atoms with Crippen LogP contribution >= 0.6 is 11.3 Å². The molecule has 128 valence electrons. The zero-order valence-electron chi connectivity index (χ0n) is 13.0. The standard InChI is InChI=1S/C14H18N6O3S/c1-8-11(21)6-19(8)13(22)10-7-23-12(18-10)4-9(15)5-20(16)14-17-2-3-24-14/h2-3,5,7-8,11,21H,4,6,15-16H2,1H3/b9-5-. The van der Waals surface area contributed by atoms with E-state index >= 15 is 0 Å². The van der Waals surface area contributed by atoms with Crippen molar-refractivity contribution in [3.8, 4) is 0 Å². The Morgan fingerprint density at radius 3 is 3.08 bits per heavy atom. The van der Waals surface area contributed by atoms with E-state index in [1.54, 1.807) is 18.5 Å². The van der Waals surface area contributed by atoms with Gasteiger partial charge < -0.3 is 20.2 Å². The van der Waals surface area contributed by atoms with Crippen LogP contribution in [-0.4, -0.2) is 44.6 Å². The predicted octanol–water partition coefficient (Wildman–Crippen LogP) is 0.0592. The topological polar surface area (TPSA) is 135 Å². The second-order valence-electron chi connectivity index (χ2n) is 5.49. The number of oxazole rings is 1. The van der Waals surface area contributed by atoms with E-state index in [4.69, 9.17) is 16.0 Å². The maximum atomic E-state index is 12.2. The first-order chi connectivity index (χ1) is 11.5. The van der Waals surface area contributed by atoms with Gasteiger partial charge >= 0.3 is 0 Å². The number of aliphatic hydroxyl groups excluding tert-OH is 1. The van der Waals surface area contributed by atoms with Gasteiger partial charge in [0.15, 0.2) is 5.69 Å². The van der Waals surface area contributed by atoms with E-state index in [1.807, 2.05) is 0 Å². The normalized spacial score (nSPS) is 20.8. The molecular weight excluding hydrogens is 332 g/mol. The van der Waals surface area contributed by atoms with Crippen LogP contribution in [0.1, 0.15) is 23.3 Å². The van der Waals surface area contributed by atoms with E-state index in [1.165, 1.54) is 33.7 Å². The van der Waals surface area contributed by atoms with Crippen LogP contribution in [0.15, 0.2) is 34.2 Å². The van der Waals surface area contributed by atoms with Crippen LogP contribution in [0.3, 0.4) is 0 Å². The molecule has 0 saturated carbocycles. The van der Waals surface area contributed by atoms with Crippen molar-refractivity contribution in [2.24, 2.45) is 11.6 Å². The highest BCUT2D eigenvalue weighted by Crippen LogP contribution is 2.21. The van der Waals surface area contributed by atoms with Crippen molar-refractivity contribution in [3.05, 3.63) is 41.3 Å². The lowest BCUT2D eigenvalue weighted by Crippen LogP contribution is -2.60. The predicted molar refractivity (Wildman–Crippen MR) is 87.8 cm³/mol. The van der Waals surface area contributed by atoms with Crippen molar-refractivity contribution < 1.29 is 14.3 Å². The number of aromatic nitrogens is 2. The van der Waals surface area contributed by atoms with E-state index in [0.717, 1.165) is 0 Å². The number of nitrogens with two attached hydrogens (primary N) is 2. The summed E-state index contributed by atoms with van der Waals surface area (Å²) < 4.78 is 5.30. The molecule has 9 nitrogen and oxygen atoms in total. The van der Waals surface area contributed by atoms with Gasteiger partial charge in [-0.3, -0.25) is 9.80 Å². The molecule has 0 aromatic carbocycles. The lowest BCUT2D eigenvalue weighted by Gasteiger charge is -2.42.